The van der Waals surface area contributed by atoms with Gasteiger partial charge >= 0.3 is 0 Å². The van der Waals surface area contributed by atoms with Gasteiger partial charge in [-0.2, -0.15) is 0 Å². The lowest BCUT2D eigenvalue weighted by molar-refractivity contribution is -0.135. The minimum atomic E-state index is -0.510. The van der Waals surface area contributed by atoms with Crippen LogP contribution in [0.3, 0.4) is 0 Å². The second-order valence-corrected chi connectivity index (χ2v) is 4.39. The Morgan fingerprint density at radius 2 is 2.00 bits per heavy atom. The van der Waals surface area contributed by atoms with Gasteiger partial charge in [-0.3, -0.25) is 4.79 Å². The molecule has 0 aromatic carbocycles. The summed E-state index contributed by atoms with van der Waals surface area (Å²) in [5.41, 5.74) is -0.510. The summed E-state index contributed by atoms with van der Waals surface area (Å²) in [6.07, 6.45) is 0. The molecule has 0 saturated carbocycles. The molecule has 0 amide bonds. The zero-order valence-corrected chi connectivity index (χ0v) is 10.8. The molecule has 0 heterocycles. The highest BCUT2D eigenvalue weighted by atomic mass is 127. The van der Waals surface area contributed by atoms with Crippen LogP contribution in [0.5, 0.6) is 0 Å². The van der Waals surface area contributed by atoms with E-state index < -0.39 is 5.41 Å². The molecule has 4 heteroatoms. The number of hydrogen-bond acceptors (Lipinski definition) is 3. The third kappa shape index (κ3) is 3.91. The fourth-order valence-electron chi connectivity index (χ4n) is 1.32. The lowest BCUT2D eigenvalue weighted by Gasteiger charge is -2.27. The van der Waals surface area contributed by atoms with Gasteiger partial charge in [0.1, 0.15) is 28.8 Å². The van der Waals surface area contributed by atoms with E-state index in [0.29, 0.717) is 13.2 Å². The van der Waals surface area contributed by atoms with Crippen molar-refractivity contribution < 1.29 is 12.6 Å². The van der Waals surface area contributed by atoms with Crippen molar-refractivity contribution in [2.75, 3.05) is 20.3 Å². The van der Waals surface area contributed by atoms with E-state index in [2.05, 4.69) is 0 Å². The monoisotopic (exact) mass is 300 g/mol. The molecule has 0 spiro atoms. The molecule has 0 aliphatic carbocycles. The molecule has 0 fully saturated rings. The number of carbonyl (C=O) groups excluding carboxylic acids is 1. The molecule has 3 nitrogen and oxygen atoms in total. The maximum atomic E-state index is 11.8. The molecule has 0 bridgehead atoms. The van der Waals surface area contributed by atoms with E-state index in [-0.39, 0.29) is 11.7 Å². The van der Waals surface area contributed by atoms with Gasteiger partial charge in [-0.1, -0.05) is 13.8 Å². The Morgan fingerprint density at radius 3 is 2.31 bits per heavy atom. The molecule has 0 aliphatic rings. The van der Waals surface area contributed by atoms with E-state index in [9.17, 15) is 4.79 Å². The summed E-state index contributed by atoms with van der Waals surface area (Å²) in [5, 5.41) is 0. The lowest BCUT2D eigenvalue weighted by atomic mass is 9.82. The van der Waals surface area contributed by atoms with E-state index in [1.807, 2.05) is 20.8 Å². The quantitative estimate of drug-likeness (QED) is 0.706. The summed E-state index contributed by atoms with van der Waals surface area (Å²) in [6.45, 7) is 6.47. The van der Waals surface area contributed by atoms with E-state index in [1.165, 1.54) is 0 Å². The van der Waals surface area contributed by atoms with Crippen LogP contribution in [0.25, 0.3) is 0 Å². The highest BCUT2D eigenvalue weighted by Gasteiger charge is 2.34. The minimum Gasteiger partial charge on any atom is -0.384 e. The Kier molecular flexibility index (Phi) is 6.07. The van der Waals surface area contributed by atoms with Gasteiger partial charge in [0.05, 0.1) is 18.6 Å². The van der Waals surface area contributed by atoms with Crippen molar-refractivity contribution >= 4 is 28.8 Å². The van der Waals surface area contributed by atoms with Crippen LogP contribution < -0.4 is 0 Å². The Balaban J connectivity index is 4.46. The van der Waals surface area contributed by atoms with Gasteiger partial charge in [-0.15, -0.1) is 0 Å². The van der Waals surface area contributed by atoms with Crippen molar-refractivity contribution in [2.24, 2.45) is 11.3 Å². The van der Waals surface area contributed by atoms with Crippen LogP contribution in [0, 0.1) is 11.3 Å². The molecule has 0 aromatic heterocycles. The Bertz CT molecular complexity index is 162. The van der Waals surface area contributed by atoms with Gasteiger partial charge < -0.3 is 7.80 Å². The number of rotatable bonds is 6. The first-order chi connectivity index (χ1) is 5.98. The standard InChI is InChI=1S/C9H17IO3/c1-7(2)8(11)9(3,5-12-4)6-13-10/h7H,5-6H2,1-4H3. The van der Waals surface area contributed by atoms with E-state index in [1.54, 1.807) is 30.1 Å². The predicted molar refractivity (Wildman–Crippen MR) is 59.8 cm³/mol. The molecular weight excluding hydrogens is 283 g/mol. The molecule has 0 aromatic rings. The van der Waals surface area contributed by atoms with Crippen LogP contribution in [0.4, 0.5) is 0 Å². The van der Waals surface area contributed by atoms with Crippen molar-refractivity contribution in [2.45, 2.75) is 20.8 Å². The van der Waals surface area contributed by atoms with Crippen molar-refractivity contribution in [3.05, 3.63) is 0 Å². The Hall–Kier alpha value is 0.320. The van der Waals surface area contributed by atoms with Crippen molar-refractivity contribution in [1.29, 1.82) is 0 Å². The SMILES string of the molecule is COCC(C)(COI)C(=O)C(C)C. The number of Topliss-reactive ketones (excluding diaryl/α,β-unsaturated/α-hetero) is 1. The largest absolute Gasteiger partial charge is 0.384 e. The first kappa shape index (κ1) is 13.3. The van der Waals surface area contributed by atoms with Gasteiger partial charge in [0, 0.05) is 13.0 Å². The average Bonchev–Trinajstić information content (AvgIpc) is 2.03. The van der Waals surface area contributed by atoms with Crippen molar-refractivity contribution in [3.8, 4) is 0 Å². The molecule has 78 valence electrons. The zero-order chi connectivity index (χ0) is 10.5. The summed E-state index contributed by atoms with van der Waals surface area (Å²) >= 11 is 1.80. The molecular formula is C9H17IO3. The van der Waals surface area contributed by atoms with Crippen LogP contribution in [0.15, 0.2) is 0 Å². The van der Waals surface area contributed by atoms with Gasteiger partial charge in [-0.05, 0) is 6.92 Å². The van der Waals surface area contributed by atoms with Crippen molar-refractivity contribution in [1.82, 2.24) is 0 Å². The van der Waals surface area contributed by atoms with Crippen LogP contribution >= 0.6 is 23.0 Å². The van der Waals surface area contributed by atoms with Crippen LogP contribution in [0.1, 0.15) is 20.8 Å². The average molecular weight is 300 g/mol. The Morgan fingerprint density at radius 1 is 1.46 bits per heavy atom. The third-order valence-corrected chi connectivity index (χ3v) is 2.27. The summed E-state index contributed by atoms with van der Waals surface area (Å²) in [7, 11) is 1.60. The fourth-order valence-corrected chi connectivity index (χ4v) is 2.01. The smallest absolute Gasteiger partial charge is 0.145 e. The van der Waals surface area contributed by atoms with Gasteiger partial charge in [0.2, 0.25) is 0 Å². The first-order valence-corrected chi connectivity index (χ1v) is 5.13. The predicted octanol–water partition coefficient (Wildman–Crippen LogP) is 2.23. The molecule has 0 rings (SSSR count). The Labute approximate surface area is 93.9 Å². The molecule has 13 heavy (non-hydrogen) atoms. The summed E-state index contributed by atoms with van der Waals surface area (Å²) in [4.78, 5) is 11.8. The summed E-state index contributed by atoms with van der Waals surface area (Å²) in [5.74, 6) is 0.206. The first-order valence-electron chi connectivity index (χ1n) is 4.24. The summed E-state index contributed by atoms with van der Waals surface area (Å²) < 4.78 is 10.0. The fraction of sp³-hybridized carbons (Fsp3) is 0.889. The maximum absolute atomic E-state index is 11.8. The van der Waals surface area contributed by atoms with E-state index >= 15 is 0 Å². The van der Waals surface area contributed by atoms with Gasteiger partial charge in [0.25, 0.3) is 0 Å². The van der Waals surface area contributed by atoms with Crippen LogP contribution in [-0.4, -0.2) is 26.1 Å². The van der Waals surface area contributed by atoms with Gasteiger partial charge in [-0.25, -0.2) is 0 Å². The molecule has 0 aliphatic heterocycles. The second-order valence-electron chi connectivity index (χ2n) is 3.77. The van der Waals surface area contributed by atoms with Crippen molar-refractivity contribution in [3.63, 3.8) is 0 Å². The molecule has 0 radical (unpaired) electrons. The van der Waals surface area contributed by atoms with Crippen LogP contribution in [0.2, 0.25) is 0 Å². The zero-order valence-electron chi connectivity index (χ0n) is 8.59. The summed E-state index contributed by atoms with van der Waals surface area (Å²) in [6, 6.07) is 0. The van der Waals surface area contributed by atoms with E-state index in [0.717, 1.165) is 0 Å². The third-order valence-electron chi connectivity index (χ3n) is 1.96. The molecule has 1 atom stereocenters. The normalized spacial score (nSPS) is 15.8. The number of methoxy groups -OCH3 is 1. The van der Waals surface area contributed by atoms with Gasteiger partial charge in [0.15, 0.2) is 0 Å². The highest BCUT2D eigenvalue weighted by Crippen LogP contribution is 2.23. The number of hydrogen-bond donors (Lipinski definition) is 0. The van der Waals surface area contributed by atoms with E-state index in [4.69, 9.17) is 7.80 Å². The molecule has 0 saturated heterocycles. The number of ketones is 1. The maximum Gasteiger partial charge on any atom is 0.145 e. The molecule has 1 unspecified atom stereocenters. The number of ether oxygens (including phenoxy) is 1. The topological polar surface area (TPSA) is 35.5 Å². The molecule has 0 N–H and O–H groups in total. The van der Waals surface area contributed by atoms with Crippen LogP contribution in [-0.2, 0) is 12.6 Å². The second kappa shape index (κ2) is 5.93. The number of halogens is 1. The number of carbonyl (C=O) groups is 1. The lowest BCUT2D eigenvalue weighted by Crippen LogP contribution is -2.39. The highest BCUT2D eigenvalue weighted by molar-refractivity contribution is 14.1. The minimum absolute atomic E-state index is 0.0201.